The van der Waals surface area contributed by atoms with Crippen LogP contribution < -0.4 is 10.6 Å². The van der Waals surface area contributed by atoms with Crippen LogP contribution in [0, 0.1) is 0 Å². The second-order valence-corrected chi connectivity index (χ2v) is 12.5. The van der Waals surface area contributed by atoms with E-state index in [2.05, 4.69) is 15.5 Å². The van der Waals surface area contributed by atoms with Crippen LogP contribution in [-0.4, -0.2) is 95.8 Å². The minimum absolute atomic E-state index is 0.174. The Morgan fingerprint density at radius 3 is 1.67 bits per heavy atom. The van der Waals surface area contributed by atoms with Gasteiger partial charge in [-0.15, -0.1) is 0 Å². The molecule has 1 atom stereocenters. The van der Waals surface area contributed by atoms with Crippen LogP contribution in [-0.2, 0) is 11.3 Å². The van der Waals surface area contributed by atoms with E-state index >= 15 is 0 Å². The molecular weight excluding hydrogens is 761 g/mol. The van der Waals surface area contributed by atoms with Gasteiger partial charge in [0.2, 0.25) is 0 Å². The molecule has 2 rings (SSSR count). The molecule has 1 fully saturated rings. The van der Waals surface area contributed by atoms with Crippen LogP contribution in [0.2, 0.25) is 0 Å². The number of rotatable bonds is 16. The number of alkyl carbamates (subject to hydrolysis) is 1. The van der Waals surface area contributed by atoms with Gasteiger partial charge < -0.3 is 15.4 Å². The van der Waals surface area contributed by atoms with Crippen molar-refractivity contribution in [3.8, 4) is 0 Å². The van der Waals surface area contributed by atoms with Crippen LogP contribution in [0.5, 0.6) is 0 Å². The fraction of sp³-hybridized carbons (Fsp3) is 0.724. The zero-order valence-corrected chi connectivity index (χ0v) is 27.1. The largest absolute Gasteiger partial charge is 0.460 e. The van der Waals surface area contributed by atoms with E-state index in [1.54, 1.807) is 0 Å². The van der Waals surface area contributed by atoms with Crippen molar-refractivity contribution in [1.82, 2.24) is 15.5 Å². The molecule has 1 aromatic carbocycles. The van der Waals surface area contributed by atoms with E-state index in [1.807, 2.05) is 6.92 Å². The van der Waals surface area contributed by atoms with Crippen LogP contribution >= 0.6 is 0 Å². The Morgan fingerprint density at radius 2 is 1.19 bits per heavy atom. The van der Waals surface area contributed by atoms with Crippen molar-refractivity contribution in [3.05, 3.63) is 35.4 Å². The molecule has 1 saturated heterocycles. The highest BCUT2D eigenvalue weighted by Crippen LogP contribution is 2.64. The zero-order chi connectivity index (χ0) is 40.6. The van der Waals surface area contributed by atoms with Gasteiger partial charge in [0.25, 0.3) is 5.91 Å². The normalized spacial score (nSPS) is 17.7. The lowest BCUT2D eigenvalue weighted by Crippen LogP contribution is -2.74. The van der Waals surface area contributed by atoms with Crippen LogP contribution in [0.25, 0.3) is 0 Å². The summed E-state index contributed by atoms with van der Waals surface area (Å²) in [6.07, 6.45) is -11.8. The molecule has 2 N–H and O–H groups in total. The first kappa shape index (κ1) is 44.9. The maximum Gasteiger partial charge on any atom is 0.460 e. The van der Waals surface area contributed by atoms with Gasteiger partial charge in [-0.25, -0.2) is 4.79 Å². The lowest BCUT2D eigenvalue weighted by atomic mass is 9.87. The van der Waals surface area contributed by atoms with E-state index in [9.17, 15) is 84.2 Å². The summed E-state index contributed by atoms with van der Waals surface area (Å²) in [4.78, 5) is 26.8. The van der Waals surface area contributed by atoms with Gasteiger partial charge in [0.05, 0.1) is 0 Å². The van der Waals surface area contributed by atoms with Gasteiger partial charge in [0.1, 0.15) is 5.60 Å². The van der Waals surface area contributed by atoms with Crippen molar-refractivity contribution in [2.75, 3.05) is 19.6 Å². The van der Waals surface area contributed by atoms with Crippen molar-refractivity contribution in [2.24, 2.45) is 0 Å². The van der Waals surface area contributed by atoms with Crippen LogP contribution in [0.4, 0.5) is 79.4 Å². The minimum atomic E-state index is -8.71. The maximum absolute atomic E-state index is 14.3. The molecule has 0 radical (unpaired) electrons. The first-order chi connectivity index (χ1) is 23.2. The molecule has 0 saturated carbocycles. The van der Waals surface area contributed by atoms with Gasteiger partial charge in [0.15, 0.2) is 0 Å². The molecule has 23 heteroatoms. The number of hydrogen-bond donors (Lipinski definition) is 2. The number of benzene rings is 1. The van der Waals surface area contributed by atoms with Crippen molar-refractivity contribution < 1.29 is 89.0 Å². The number of carbonyl (C=O) groups is 2. The fourth-order valence-electron chi connectivity index (χ4n) is 4.95. The van der Waals surface area contributed by atoms with E-state index < -0.39 is 78.1 Å². The average molecular weight is 794 g/mol. The molecule has 6 nitrogen and oxygen atoms in total. The summed E-state index contributed by atoms with van der Waals surface area (Å²) in [5, 5.41) is 4.88. The summed E-state index contributed by atoms with van der Waals surface area (Å²) in [6.45, 7) is 5.12. The van der Waals surface area contributed by atoms with Crippen molar-refractivity contribution in [3.63, 3.8) is 0 Å². The van der Waals surface area contributed by atoms with Gasteiger partial charge in [0, 0.05) is 31.1 Å². The Hall–Kier alpha value is -3.27. The number of amides is 2. The molecule has 1 aliphatic rings. The molecule has 300 valence electrons. The molecule has 2 amide bonds. The lowest BCUT2D eigenvalue weighted by Gasteiger charge is -2.43. The highest BCUT2D eigenvalue weighted by Gasteiger charge is 2.95. The Balaban J connectivity index is 2.06. The quantitative estimate of drug-likeness (QED) is 0.165. The molecule has 1 aromatic rings. The van der Waals surface area contributed by atoms with Gasteiger partial charge >= 0.3 is 53.7 Å². The summed E-state index contributed by atoms with van der Waals surface area (Å²) in [6, 6.07) is 5.71. The summed E-state index contributed by atoms with van der Waals surface area (Å²) in [5.74, 6) is -57.4. The smallest absolute Gasteiger partial charge is 0.444 e. The number of hydrogen-bond acceptors (Lipinski definition) is 4. The van der Waals surface area contributed by atoms with E-state index in [0.29, 0.717) is 26.0 Å². The number of alkyl halides is 17. The summed E-state index contributed by atoms with van der Waals surface area (Å²) < 4.78 is 234. The number of ether oxygens (including phenoxy) is 1. The second kappa shape index (κ2) is 14.9. The SMILES string of the molecule is CCN1CCCC1CNC(=O)c1ccc(CNC(=O)OC(C)(C)CCC(F)(F)C(F)(F)C(F)(F)C(F)(F)C(F)(F)C(F)(F)C(F)(F)C(F)(F)F)cc1. The van der Waals surface area contributed by atoms with Gasteiger partial charge in [-0.05, 0) is 63.9 Å². The number of halogens is 17. The first-order valence-electron chi connectivity index (χ1n) is 15.0. The van der Waals surface area contributed by atoms with E-state index in [-0.39, 0.29) is 18.2 Å². The topological polar surface area (TPSA) is 70.7 Å². The molecule has 0 bridgehead atoms. The van der Waals surface area contributed by atoms with E-state index in [0.717, 1.165) is 25.9 Å². The van der Waals surface area contributed by atoms with E-state index in [4.69, 9.17) is 4.74 Å². The number of carbonyl (C=O) groups excluding carboxylic acids is 2. The minimum Gasteiger partial charge on any atom is -0.444 e. The average Bonchev–Trinajstić information content (AvgIpc) is 3.48. The summed E-state index contributed by atoms with van der Waals surface area (Å²) in [5.41, 5.74) is -1.81. The maximum atomic E-state index is 14.3. The fourth-order valence-corrected chi connectivity index (χ4v) is 4.95. The molecule has 0 spiro atoms. The van der Waals surface area contributed by atoms with Crippen LogP contribution in [0.15, 0.2) is 24.3 Å². The van der Waals surface area contributed by atoms with Gasteiger partial charge in [-0.1, -0.05) is 19.1 Å². The lowest BCUT2D eigenvalue weighted by molar-refractivity contribution is -0.462. The predicted octanol–water partition coefficient (Wildman–Crippen LogP) is 8.70. The monoisotopic (exact) mass is 793 g/mol. The number of nitrogens with one attached hydrogen (secondary N) is 2. The highest BCUT2D eigenvalue weighted by atomic mass is 19.4. The molecule has 52 heavy (non-hydrogen) atoms. The Labute approximate surface area is 284 Å². The van der Waals surface area contributed by atoms with Gasteiger partial charge in [-0.3, -0.25) is 9.69 Å². The predicted molar refractivity (Wildman–Crippen MR) is 146 cm³/mol. The van der Waals surface area contributed by atoms with Crippen molar-refractivity contribution in [2.45, 2.75) is 112 Å². The number of nitrogens with zero attached hydrogens (tertiary/aromatic N) is 1. The Kier molecular flexibility index (Phi) is 12.8. The third kappa shape index (κ3) is 8.42. The van der Waals surface area contributed by atoms with Crippen molar-refractivity contribution in [1.29, 1.82) is 0 Å². The standard InChI is InChI=1S/C29H32F17N3O3/c1-4-49-13-5-6-18(49)15-47-19(50)17-9-7-16(8-10-17)14-48-20(51)52-21(2,3)11-12-22(30,31)23(32,33)24(34,35)25(36,37)26(38,39)27(40,41)28(42,43)29(44,45)46/h7-10,18H,4-6,11-15H2,1-3H3,(H,47,50)(H,48,51). The Morgan fingerprint density at radius 1 is 0.712 bits per heavy atom. The van der Waals surface area contributed by atoms with Crippen LogP contribution in [0.1, 0.15) is 62.4 Å². The number of likely N-dealkylation sites (N-methyl/N-ethyl adjacent to an activating group) is 1. The molecule has 0 aliphatic carbocycles. The van der Waals surface area contributed by atoms with Gasteiger partial charge in [-0.2, -0.15) is 74.6 Å². The summed E-state index contributed by atoms with van der Waals surface area (Å²) in [7, 11) is 0. The number of likely N-dealkylation sites (tertiary alicyclic amines) is 1. The highest BCUT2D eigenvalue weighted by molar-refractivity contribution is 5.94. The summed E-state index contributed by atoms with van der Waals surface area (Å²) >= 11 is 0. The second-order valence-electron chi connectivity index (χ2n) is 12.5. The molecule has 1 unspecified atom stereocenters. The third-order valence-electron chi connectivity index (χ3n) is 8.25. The van der Waals surface area contributed by atoms with Crippen molar-refractivity contribution >= 4 is 12.0 Å². The Bertz CT molecular complexity index is 1400. The van der Waals surface area contributed by atoms with E-state index in [1.165, 1.54) is 24.3 Å². The zero-order valence-electron chi connectivity index (χ0n) is 27.1. The van der Waals surface area contributed by atoms with Crippen LogP contribution in [0.3, 0.4) is 0 Å². The molecule has 0 aromatic heterocycles. The molecule has 1 heterocycles. The molecule has 1 aliphatic heterocycles. The third-order valence-corrected chi connectivity index (χ3v) is 8.25. The molecular formula is C29H32F17N3O3. The first-order valence-corrected chi connectivity index (χ1v) is 15.0.